The Hall–Kier alpha value is -1.56. The number of likely N-dealkylation sites (N-methyl/N-ethyl adjacent to an activating group) is 1. The summed E-state index contributed by atoms with van der Waals surface area (Å²) in [6.07, 6.45) is -3.44. The topological polar surface area (TPSA) is 23.6 Å². The lowest BCUT2D eigenvalue weighted by Crippen LogP contribution is -2.32. The fourth-order valence-electron chi connectivity index (χ4n) is 2.05. The molecule has 1 rings (SSSR count). The van der Waals surface area contributed by atoms with E-state index in [0.717, 1.165) is 19.0 Å². The molecule has 0 spiro atoms. The maximum Gasteiger partial charge on any atom is 0.417 e. The number of halogens is 3. The minimum Gasteiger partial charge on any atom is -0.370 e. The summed E-state index contributed by atoms with van der Waals surface area (Å²) in [5.41, 5.74) is -0.701. The van der Waals surface area contributed by atoms with Crippen molar-refractivity contribution in [2.24, 2.45) is 0 Å². The van der Waals surface area contributed by atoms with Crippen molar-refractivity contribution < 1.29 is 18.0 Å². The lowest BCUT2D eigenvalue weighted by Gasteiger charge is -2.27. The van der Waals surface area contributed by atoms with E-state index in [9.17, 15) is 18.0 Å². The Morgan fingerprint density at radius 1 is 1.14 bits per heavy atom. The van der Waals surface area contributed by atoms with Gasteiger partial charge in [0.25, 0.3) is 0 Å². The number of hydrogen-bond donors (Lipinski definition) is 0. The molecule has 0 unspecified atom stereocenters. The minimum absolute atomic E-state index is 0.247. The van der Waals surface area contributed by atoms with Crippen LogP contribution in [0.15, 0.2) is 18.2 Å². The normalized spacial score (nSPS) is 11.8. The molecule has 0 aromatic heterocycles. The summed E-state index contributed by atoms with van der Waals surface area (Å²) in [6.45, 7) is 4.04. The first-order chi connectivity index (χ1) is 9.79. The van der Waals surface area contributed by atoms with Gasteiger partial charge in [0.15, 0.2) is 6.29 Å². The Morgan fingerprint density at radius 2 is 1.81 bits per heavy atom. The second-order valence-corrected chi connectivity index (χ2v) is 5.18. The molecular weight excluding hydrogens is 281 g/mol. The predicted molar refractivity (Wildman–Crippen MR) is 77.9 cm³/mol. The van der Waals surface area contributed by atoms with E-state index >= 15 is 0 Å². The summed E-state index contributed by atoms with van der Waals surface area (Å²) in [5.74, 6) is 0. The lowest BCUT2D eigenvalue weighted by atomic mass is 10.1. The van der Waals surface area contributed by atoms with Crippen molar-refractivity contribution in [3.8, 4) is 0 Å². The molecule has 0 saturated heterocycles. The average Bonchev–Trinajstić information content (AvgIpc) is 2.41. The van der Waals surface area contributed by atoms with E-state index in [4.69, 9.17) is 0 Å². The Morgan fingerprint density at radius 3 is 2.29 bits per heavy atom. The highest BCUT2D eigenvalue weighted by molar-refractivity contribution is 5.79. The quantitative estimate of drug-likeness (QED) is 0.722. The van der Waals surface area contributed by atoms with Crippen LogP contribution in [0.2, 0.25) is 0 Å². The summed E-state index contributed by atoms with van der Waals surface area (Å²) >= 11 is 0. The predicted octanol–water partition coefficient (Wildman–Crippen LogP) is 3.30. The second kappa shape index (κ2) is 7.45. The van der Waals surface area contributed by atoms with Gasteiger partial charge in [-0.3, -0.25) is 4.79 Å². The van der Waals surface area contributed by atoms with Gasteiger partial charge in [-0.25, -0.2) is 0 Å². The molecule has 118 valence electrons. The Labute approximate surface area is 123 Å². The molecule has 1 aromatic rings. The molecule has 0 radical (unpaired) electrons. The third-order valence-corrected chi connectivity index (χ3v) is 3.15. The number of carbonyl (C=O) groups excluding carboxylic acids is 1. The number of benzene rings is 1. The first-order valence-corrected chi connectivity index (χ1v) is 6.85. The maximum absolute atomic E-state index is 13.0. The van der Waals surface area contributed by atoms with Gasteiger partial charge in [0.05, 0.1) is 5.56 Å². The first kappa shape index (κ1) is 17.5. The third-order valence-electron chi connectivity index (χ3n) is 3.15. The highest BCUT2D eigenvalue weighted by Gasteiger charge is 2.33. The van der Waals surface area contributed by atoms with Crippen molar-refractivity contribution in [2.45, 2.75) is 19.5 Å². The zero-order valence-electron chi connectivity index (χ0n) is 12.6. The van der Waals surface area contributed by atoms with Crippen LogP contribution >= 0.6 is 0 Å². The molecule has 0 aliphatic rings. The summed E-state index contributed by atoms with van der Waals surface area (Å²) in [7, 11) is 3.83. The van der Waals surface area contributed by atoms with Gasteiger partial charge in [-0.15, -0.1) is 0 Å². The largest absolute Gasteiger partial charge is 0.417 e. The number of hydrogen-bond acceptors (Lipinski definition) is 3. The monoisotopic (exact) mass is 302 g/mol. The SMILES string of the molecule is CCCN(CCN(C)C)c1ccc(C=O)c(C(F)(F)F)c1. The summed E-state index contributed by atoms with van der Waals surface area (Å²) in [4.78, 5) is 14.7. The molecule has 0 aliphatic heterocycles. The van der Waals surface area contributed by atoms with Gasteiger partial charge >= 0.3 is 6.18 Å². The van der Waals surface area contributed by atoms with E-state index in [-0.39, 0.29) is 11.8 Å². The fraction of sp³-hybridized carbons (Fsp3) is 0.533. The van der Waals surface area contributed by atoms with E-state index in [2.05, 4.69) is 0 Å². The molecule has 1 aromatic carbocycles. The first-order valence-electron chi connectivity index (χ1n) is 6.85. The van der Waals surface area contributed by atoms with Gasteiger partial charge in [-0.2, -0.15) is 13.2 Å². The van der Waals surface area contributed by atoms with Gasteiger partial charge < -0.3 is 9.80 Å². The smallest absolute Gasteiger partial charge is 0.370 e. The van der Waals surface area contributed by atoms with E-state index in [1.807, 2.05) is 30.8 Å². The maximum atomic E-state index is 13.0. The molecule has 0 saturated carbocycles. The molecule has 3 nitrogen and oxygen atoms in total. The van der Waals surface area contributed by atoms with Gasteiger partial charge in [0, 0.05) is 30.9 Å². The molecular formula is C15H21F3N2O. The Kier molecular flexibility index (Phi) is 6.20. The van der Waals surface area contributed by atoms with E-state index in [0.29, 0.717) is 18.8 Å². The van der Waals surface area contributed by atoms with Gasteiger partial charge in [-0.1, -0.05) is 6.92 Å². The van der Waals surface area contributed by atoms with Crippen LogP contribution in [0, 0.1) is 0 Å². The van der Waals surface area contributed by atoms with Crippen LogP contribution in [0.4, 0.5) is 18.9 Å². The van der Waals surface area contributed by atoms with E-state index < -0.39 is 11.7 Å². The van der Waals surface area contributed by atoms with Crippen molar-refractivity contribution in [2.75, 3.05) is 38.6 Å². The zero-order chi connectivity index (χ0) is 16.0. The van der Waals surface area contributed by atoms with Crippen LogP contribution in [0.25, 0.3) is 0 Å². The van der Waals surface area contributed by atoms with Gasteiger partial charge in [0.2, 0.25) is 0 Å². The van der Waals surface area contributed by atoms with Crippen LogP contribution in [-0.2, 0) is 6.18 Å². The molecule has 6 heteroatoms. The summed E-state index contributed by atoms with van der Waals surface area (Å²) in [6, 6.07) is 3.88. The van der Waals surface area contributed by atoms with E-state index in [1.54, 1.807) is 6.07 Å². The number of aldehydes is 1. The van der Waals surface area contributed by atoms with Gasteiger partial charge in [0.1, 0.15) is 0 Å². The number of anilines is 1. The van der Waals surface area contributed by atoms with Crippen LogP contribution in [0.1, 0.15) is 29.3 Å². The summed E-state index contributed by atoms with van der Waals surface area (Å²) < 4.78 is 39.0. The summed E-state index contributed by atoms with van der Waals surface area (Å²) in [5, 5.41) is 0. The molecule has 0 N–H and O–H groups in total. The number of rotatable bonds is 7. The Balaban J connectivity index is 3.11. The Bertz CT molecular complexity index is 472. The van der Waals surface area contributed by atoms with Crippen molar-refractivity contribution in [3.05, 3.63) is 29.3 Å². The molecule has 21 heavy (non-hydrogen) atoms. The second-order valence-electron chi connectivity index (χ2n) is 5.18. The highest BCUT2D eigenvalue weighted by atomic mass is 19.4. The van der Waals surface area contributed by atoms with Gasteiger partial charge in [-0.05, 0) is 38.7 Å². The molecule has 0 atom stereocenters. The van der Waals surface area contributed by atoms with E-state index in [1.165, 1.54) is 6.07 Å². The van der Waals surface area contributed by atoms with Crippen molar-refractivity contribution in [3.63, 3.8) is 0 Å². The number of nitrogens with zero attached hydrogens (tertiary/aromatic N) is 2. The standard InChI is InChI=1S/C15H21F3N2O/c1-4-7-20(9-8-19(2)3)13-6-5-12(11-21)14(10-13)15(16,17)18/h5-6,10-11H,4,7-9H2,1-3H3. The molecule has 0 heterocycles. The highest BCUT2D eigenvalue weighted by Crippen LogP contribution is 2.34. The van der Waals surface area contributed by atoms with Crippen molar-refractivity contribution in [1.29, 1.82) is 0 Å². The lowest BCUT2D eigenvalue weighted by molar-refractivity contribution is -0.137. The third kappa shape index (κ3) is 5.04. The number of alkyl halides is 3. The van der Waals surface area contributed by atoms with Crippen LogP contribution in [0.5, 0.6) is 0 Å². The molecule has 0 amide bonds. The van der Waals surface area contributed by atoms with Crippen molar-refractivity contribution >= 4 is 12.0 Å². The minimum atomic E-state index is -4.52. The zero-order valence-corrected chi connectivity index (χ0v) is 12.6. The molecule has 0 fully saturated rings. The van der Waals surface area contributed by atoms with Crippen LogP contribution in [-0.4, -0.2) is 44.9 Å². The average molecular weight is 302 g/mol. The van der Waals surface area contributed by atoms with Crippen molar-refractivity contribution in [1.82, 2.24) is 4.90 Å². The van der Waals surface area contributed by atoms with Crippen LogP contribution in [0.3, 0.4) is 0 Å². The molecule has 0 bridgehead atoms. The molecule has 0 aliphatic carbocycles. The fourth-order valence-corrected chi connectivity index (χ4v) is 2.05. The number of carbonyl (C=O) groups is 1. The van der Waals surface area contributed by atoms with Crippen LogP contribution < -0.4 is 4.90 Å².